The molecule has 2 rings (SSSR count). The van der Waals surface area contributed by atoms with Crippen molar-refractivity contribution in [3.05, 3.63) is 34.6 Å². The standard InChI is InChI=1S/C25H37ClFNO3/c1-2-3-4-5-6-7-8-9-10-11-19-31-25(30)20-15-17-28(18-16-20)24(29)21-13-12-14-22(26)23(21)27/h12-14,20H,2-11,15-19H2,1H3. The number of piperidine rings is 1. The number of hydrogen-bond donors (Lipinski definition) is 0. The number of halogens is 2. The average Bonchev–Trinajstić information content (AvgIpc) is 2.79. The lowest BCUT2D eigenvalue weighted by Gasteiger charge is -2.31. The molecule has 0 N–H and O–H groups in total. The molecule has 0 radical (unpaired) electrons. The third-order valence-electron chi connectivity index (χ3n) is 6.04. The van der Waals surface area contributed by atoms with Gasteiger partial charge in [0.1, 0.15) is 0 Å². The summed E-state index contributed by atoms with van der Waals surface area (Å²) in [6, 6.07) is 4.43. The predicted octanol–water partition coefficient (Wildman–Crippen LogP) is 6.80. The summed E-state index contributed by atoms with van der Waals surface area (Å²) < 4.78 is 19.5. The van der Waals surface area contributed by atoms with Crippen LogP contribution < -0.4 is 0 Å². The van der Waals surface area contributed by atoms with Crippen LogP contribution in [0, 0.1) is 11.7 Å². The monoisotopic (exact) mass is 453 g/mol. The second-order valence-electron chi connectivity index (χ2n) is 8.52. The summed E-state index contributed by atoms with van der Waals surface area (Å²) in [5, 5.41) is -0.0590. The number of esters is 1. The fraction of sp³-hybridized carbons (Fsp3) is 0.680. The Kier molecular flexibility index (Phi) is 11.9. The molecular formula is C25H37ClFNO3. The highest BCUT2D eigenvalue weighted by molar-refractivity contribution is 6.31. The van der Waals surface area contributed by atoms with Crippen molar-refractivity contribution >= 4 is 23.5 Å². The van der Waals surface area contributed by atoms with Crippen molar-refractivity contribution in [2.75, 3.05) is 19.7 Å². The van der Waals surface area contributed by atoms with E-state index in [1.165, 1.54) is 63.5 Å². The largest absolute Gasteiger partial charge is 0.465 e. The number of likely N-dealkylation sites (tertiary alicyclic amines) is 1. The van der Waals surface area contributed by atoms with Crippen LogP contribution in [0.15, 0.2) is 18.2 Å². The lowest BCUT2D eigenvalue weighted by molar-refractivity contribution is -0.150. The smallest absolute Gasteiger partial charge is 0.309 e. The summed E-state index contributed by atoms with van der Waals surface area (Å²) in [6.07, 6.45) is 13.6. The van der Waals surface area contributed by atoms with Gasteiger partial charge in [0.05, 0.1) is 23.1 Å². The van der Waals surface area contributed by atoms with Gasteiger partial charge in [-0.3, -0.25) is 9.59 Å². The first-order valence-electron chi connectivity index (χ1n) is 11.9. The van der Waals surface area contributed by atoms with E-state index < -0.39 is 5.82 Å². The van der Waals surface area contributed by atoms with Crippen LogP contribution in [0.3, 0.4) is 0 Å². The van der Waals surface area contributed by atoms with Crippen LogP contribution in [-0.2, 0) is 9.53 Å². The highest BCUT2D eigenvalue weighted by atomic mass is 35.5. The molecule has 0 saturated carbocycles. The lowest BCUT2D eigenvalue weighted by atomic mass is 9.96. The summed E-state index contributed by atoms with van der Waals surface area (Å²) in [7, 11) is 0. The Morgan fingerprint density at radius 1 is 1.00 bits per heavy atom. The van der Waals surface area contributed by atoms with Gasteiger partial charge in [-0.05, 0) is 31.4 Å². The van der Waals surface area contributed by atoms with E-state index in [9.17, 15) is 14.0 Å². The van der Waals surface area contributed by atoms with Crippen LogP contribution in [0.5, 0.6) is 0 Å². The van der Waals surface area contributed by atoms with E-state index in [0.717, 1.165) is 12.8 Å². The van der Waals surface area contributed by atoms with Gasteiger partial charge in [-0.2, -0.15) is 0 Å². The molecule has 0 aliphatic carbocycles. The van der Waals surface area contributed by atoms with E-state index >= 15 is 0 Å². The first-order valence-corrected chi connectivity index (χ1v) is 12.3. The van der Waals surface area contributed by atoms with Gasteiger partial charge < -0.3 is 9.64 Å². The molecule has 1 fully saturated rings. The third-order valence-corrected chi connectivity index (χ3v) is 6.33. The number of rotatable bonds is 13. The molecule has 0 unspecified atom stereocenters. The van der Waals surface area contributed by atoms with Gasteiger partial charge in [-0.1, -0.05) is 82.4 Å². The van der Waals surface area contributed by atoms with Crippen LogP contribution in [0.2, 0.25) is 5.02 Å². The van der Waals surface area contributed by atoms with Gasteiger partial charge in [-0.25, -0.2) is 4.39 Å². The molecule has 1 aliphatic rings. The minimum absolute atomic E-state index is 0.0190. The van der Waals surface area contributed by atoms with Crippen molar-refractivity contribution in [1.82, 2.24) is 4.90 Å². The second kappa shape index (κ2) is 14.4. The molecule has 1 aromatic rings. The fourth-order valence-corrected chi connectivity index (χ4v) is 4.21. The molecule has 0 atom stereocenters. The zero-order valence-electron chi connectivity index (χ0n) is 18.8. The molecule has 4 nitrogen and oxygen atoms in total. The molecule has 1 aromatic carbocycles. The average molecular weight is 454 g/mol. The lowest BCUT2D eigenvalue weighted by Crippen LogP contribution is -2.41. The highest BCUT2D eigenvalue weighted by Gasteiger charge is 2.30. The predicted molar refractivity (Wildman–Crippen MR) is 123 cm³/mol. The first kappa shape index (κ1) is 25.6. The van der Waals surface area contributed by atoms with E-state index in [0.29, 0.717) is 32.5 Å². The van der Waals surface area contributed by atoms with Crippen molar-refractivity contribution in [3.63, 3.8) is 0 Å². The summed E-state index contributed by atoms with van der Waals surface area (Å²) in [4.78, 5) is 26.4. The maximum atomic E-state index is 14.1. The van der Waals surface area contributed by atoms with Gasteiger partial charge in [0.2, 0.25) is 0 Å². The van der Waals surface area contributed by atoms with Crippen LogP contribution in [-0.4, -0.2) is 36.5 Å². The Morgan fingerprint density at radius 3 is 2.19 bits per heavy atom. The number of benzene rings is 1. The molecule has 0 aromatic heterocycles. The van der Waals surface area contributed by atoms with Gasteiger partial charge in [0.25, 0.3) is 5.91 Å². The normalized spacial score (nSPS) is 14.6. The molecule has 1 amide bonds. The zero-order valence-corrected chi connectivity index (χ0v) is 19.6. The quantitative estimate of drug-likeness (QED) is 0.244. The van der Waals surface area contributed by atoms with Gasteiger partial charge in [0.15, 0.2) is 5.82 Å². The number of carbonyl (C=O) groups excluding carboxylic acids is 2. The van der Waals surface area contributed by atoms with E-state index in [4.69, 9.17) is 16.3 Å². The van der Waals surface area contributed by atoms with Crippen molar-refractivity contribution < 1.29 is 18.7 Å². The fourth-order valence-electron chi connectivity index (χ4n) is 4.04. The second-order valence-corrected chi connectivity index (χ2v) is 8.92. The van der Waals surface area contributed by atoms with Crippen molar-refractivity contribution in [3.8, 4) is 0 Å². The zero-order chi connectivity index (χ0) is 22.5. The topological polar surface area (TPSA) is 46.6 Å². The maximum Gasteiger partial charge on any atom is 0.309 e. The Labute approximate surface area is 191 Å². The van der Waals surface area contributed by atoms with Gasteiger partial charge in [0, 0.05) is 13.1 Å². The number of amides is 1. The third kappa shape index (κ3) is 8.80. The molecule has 6 heteroatoms. The number of unbranched alkanes of at least 4 members (excludes halogenated alkanes) is 9. The molecule has 1 saturated heterocycles. The molecule has 0 bridgehead atoms. The summed E-state index contributed by atoms with van der Waals surface area (Å²) >= 11 is 5.77. The molecule has 174 valence electrons. The molecule has 1 aliphatic heterocycles. The molecule has 31 heavy (non-hydrogen) atoms. The van der Waals surface area contributed by atoms with Crippen molar-refractivity contribution in [2.24, 2.45) is 5.92 Å². The van der Waals surface area contributed by atoms with Crippen LogP contribution in [0.4, 0.5) is 4.39 Å². The molecule has 0 spiro atoms. The summed E-state index contributed by atoms with van der Waals surface area (Å²) in [5.41, 5.74) is -0.0190. The summed E-state index contributed by atoms with van der Waals surface area (Å²) in [5.74, 6) is -1.42. The Hall–Kier alpha value is -1.62. The maximum absolute atomic E-state index is 14.1. The Bertz CT molecular complexity index is 689. The van der Waals surface area contributed by atoms with Crippen molar-refractivity contribution in [2.45, 2.75) is 84.0 Å². The van der Waals surface area contributed by atoms with E-state index in [1.807, 2.05) is 0 Å². The number of carbonyl (C=O) groups is 2. The first-order chi connectivity index (χ1) is 15.0. The van der Waals surface area contributed by atoms with E-state index in [1.54, 1.807) is 11.0 Å². The number of nitrogens with zero attached hydrogens (tertiary/aromatic N) is 1. The minimum Gasteiger partial charge on any atom is -0.465 e. The summed E-state index contributed by atoms with van der Waals surface area (Å²) in [6.45, 7) is 3.55. The Morgan fingerprint density at radius 2 is 1.58 bits per heavy atom. The highest BCUT2D eigenvalue weighted by Crippen LogP contribution is 2.24. The van der Waals surface area contributed by atoms with Crippen LogP contribution >= 0.6 is 11.6 Å². The van der Waals surface area contributed by atoms with Crippen LogP contribution in [0.25, 0.3) is 0 Å². The van der Waals surface area contributed by atoms with Gasteiger partial charge >= 0.3 is 5.97 Å². The number of ether oxygens (including phenoxy) is 1. The van der Waals surface area contributed by atoms with Crippen LogP contribution in [0.1, 0.15) is 94.3 Å². The number of hydrogen-bond acceptors (Lipinski definition) is 3. The minimum atomic E-state index is -0.688. The molecule has 1 heterocycles. The Balaban J connectivity index is 1.56. The van der Waals surface area contributed by atoms with Crippen molar-refractivity contribution in [1.29, 1.82) is 0 Å². The molecular weight excluding hydrogens is 417 g/mol. The van der Waals surface area contributed by atoms with E-state index in [-0.39, 0.29) is 28.4 Å². The van der Waals surface area contributed by atoms with E-state index in [2.05, 4.69) is 6.92 Å². The SMILES string of the molecule is CCCCCCCCCCCCOC(=O)C1CCN(C(=O)c2cccc(Cl)c2F)CC1. The van der Waals surface area contributed by atoms with Gasteiger partial charge in [-0.15, -0.1) is 0 Å².